The average Bonchev–Trinajstić information content (AvgIpc) is 3.21. The van der Waals surface area contributed by atoms with Gasteiger partial charge in [-0.15, -0.1) is 0 Å². The Hall–Kier alpha value is -2.31. The normalized spacial score (nSPS) is 11.9. The second kappa shape index (κ2) is 6.21. The molecule has 3 rings (SSSR count). The van der Waals surface area contributed by atoms with Gasteiger partial charge in [-0.05, 0) is 36.4 Å². The molecule has 0 amide bonds. The van der Waals surface area contributed by atoms with Gasteiger partial charge in [0.25, 0.3) is 0 Å². The maximum absolute atomic E-state index is 12.8. The zero-order chi connectivity index (χ0) is 15.4. The number of hydrogen-bond donors (Lipinski definition) is 0. The fraction of sp³-hybridized carbons (Fsp3) is 0.125. The van der Waals surface area contributed by atoms with Crippen molar-refractivity contribution < 1.29 is 17.3 Å². The van der Waals surface area contributed by atoms with Crippen LogP contribution in [0.15, 0.2) is 80.9 Å². The van der Waals surface area contributed by atoms with Crippen molar-refractivity contribution in [1.82, 2.24) is 4.31 Å². The Morgan fingerprint density at radius 2 is 1.32 bits per heavy atom. The summed E-state index contributed by atoms with van der Waals surface area (Å²) < 4.78 is 37.5. The first-order valence-electron chi connectivity index (χ1n) is 6.76. The van der Waals surface area contributed by atoms with Crippen LogP contribution in [0.25, 0.3) is 0 Å². The lowest BCUT2D eigenvalue weighted by atomic mass is 10.4. The number of hydrogen-bond acceptors (Lipinski definition) is 4. The maximum atomic E-state index is 12.8. The zero-order valence-corrected chi connectivity index (χ0v) is 12.6. The van der Waals surface area contributed by atoms with Gasteiger partial charge in [0.05, 0.1) is 30.5 Å². The Balaban J connectivity index is 1.93. The quantitative estimate of drug-likeness (QED) is 0.700. The molecular weight excluding hydrogens is 302 g/mol. The molecule has 1 aromatic carbocycles. The van der Waals surface area contributed by atoms with Crippen molar-refractivity contribution in [3.63, 3.8) is 0 Å². The Morgan fingerprint density at radius 1 is 0.773 bits per heavy atom. The summed E-state index contributed by atoms with van der Waals surface area (Å²) in [5.74, 6) is 1.15. The minimum absolute atomic E-state index is 0.144. The van der Waals surface area contributed by atoms with Crippen molar-refractivity contribution in [3.05, 3.63) is 78.6 Å². The van der Waals surface area contributed by atoms with Crippen molar-refractivity contribution in [1.29, 1.82) is 0 Å². The van der Waals surface area contributed by atoms with Crippen LogP contribution in [-0.2, 0) is 23.1 Å². The third kappa shape index (κ3) is 3.13. The summed E-state index contributed by atoms with van der Waals surface area (Å²) in [6.07, 6.45) is 3.05. The largest absolute Gasteiger partial charge is 0.468 e. The Kier molecular flexibility index (Phi) is 4.13. The second-order valence-corrected chi connectivity index (χ2v) is 6.68. The predicted octanol–water partition coefficient (Wildman–Crippen LogP) is 3.26. The van der Waals surface area contributed by atoms with Crippen LogP contribution in [0.5, 0.6) is 0 Å². The van der Waals surface area contributed by atoms with Gasteiger partial charge in [0.15, 0.2) is 0 Å². The molecule has 0 aliphatic carbocycles. The lowest BCUT2D eigenvalue weighted by Crippen LogP contribution is -2.30. The smallest absolute Gasteiger partial charge is 0.243 e. The first-order valence-corrected chi connectivity index (χ1v) is 8.20. The van der Waals surface area contributed by atoms with Gasteiger partial charge < -0.3 is 8.83 Å². The van der Waals surface area contributed by atoms with E-state index in [0.29, 0.717) is 11.5 Å². The van der Waals surface area contributed by atoms with Gasteiger partial charge in [-0.25, -0.2) is 8.42 Å². The van der Waals surface area contributed by atoms with Gasteiger partial charge in [0.2, 0.25) is 10.0 Å². The highest BCUT2D eigenvalue weighted by Gasteiger charge is 2.26. The molecule has 0 unspecified atom stereocenters. The highest BCUT2D eigenvalue weighted by Crippen LogP contribution is 2.21. The van der Waals surface area contributed by atoms with E-state index < -0.39 is 10.0 Å². The standard InChI is InChI=1S/C16H15NO4S/c18-22(19,16-8-2-1-3-9-16)17(12-14-6-4-10-20-14)13-15-7-5-11-21-15/h1-11H,12-13H2. The van der Waals surface area contributed by atoms with Gasteiger partial charge in [0, 0.05) is 0 Å². The predicted molar refractivity (Wildman–Crippen MR) is 80.3 cm³/mol. The van der Waals surface area contributed by atoms with E-state index in [0.717, 1.165) is 0 Å². The van der Waals surface area contributed by atoms with E-state index in [-0.39, 0.29) is 18.0 Å². The van der Waals surface area contributed by atoms with E-state index in [9.17, 15) is 8.42 Å². The van der Waals surface area contributed by atoms with Crippen LogP contribution in [0.4, 0.5) is 0 Å². The third-order valence-electron chi connectivity index (χ3n) is 3.21. The van der Waals surface area contributed by atoms with Crippen molar-refractivity contribution in [2.75, 3.05) is 0 Å². The molecule has 0 bridgehead atoms. The molecule has 0 fully saturated rings. The van der Waals surface area contributed by atoms with Crippen molar-refractivity contribution in [3.8, 4) is 0 Å². The Morgan fingerprint density at radius 3 is 1.77 bits per heavy atom. The van der Waals surface area contributed by atoms with Gasteiger partial charge in [0.1, 0.15) is 11.5 Å². The molecule has 0 spiro atoms. The first kappa shape index (κ1) is 14.6. The van der Waals surface area contributed by atoms with Crippen LogP contribution in [0.3, 0.4) is 0 Å². The summed E-state index contributed by atoms with van der Waals surface area (Å²) >= 11 is 0. The average molecular weight is 317 g/mol. The van der Waals surface area contributed by atoms with Gasteiger partial charge in [-0.2, -0.15) is 4.31 Å². The first-order chi connectivity index (χ1) is 10.7. The van der Waals surface area contributed by atoms with Crippen LogP contribution in [0.1, 0.15) is 11.5 Å². The number of sulfonamides is 1. The van der Waals surface area contributed by atoms with E-state index in [1.54, 1.807) is 54.6 Å². The van der Waals surface area contributed by atoms with E-state index >= 15 is 0 Å². The molecular formula is C16H15NO4S. The summed E-state index contributed by atoms with van der Waals surface area (Å²) in [4.78, 5) is 0.244. The molecule has 0 saturated heterocycles. The fourth-order valence-corrected chi connectivity index (χ4v) is 3.51. The molecule has 2 aromatic heterocycles. The van der Waals surface area contributed by atoms with Crippen molar-refractivity contribution >= 4 is 10.0 Å². The molecule has 0 N–H and O–H groups in total. The Bertz CT molecular complexity index is 757. The monoisotopic (exact) mass is 317 g/mol. The van der Waals surface area contributed by atoms with Crippen LogP contribution in [0.2, 0.25) is 0 Å². The molecule has 0 atom stereocenters. The summed E-state index contributed by atoms with van der Waals surface area (Å²) in [7, 11) is -3.64. The molecule has 3 aromatic rings. The molecule has 5 nitrogen and oxygen atoms in total. The van der Waals surface area contributed by atoms with Crippen LogP contribution < -0.4 is 0 Å². The van der Waals surface area contributed by atoms with Crippen LogP contribution in [-0.4, -0.2) is 12.7 Å². The fourth-order valence-electron chi connectivity index (χ4n) is 2.12. The summed E-state index contributed by atoms with van der Waals surface area (Å²) in [5.41, 5.74) is 0. The Labute approximate surface area is 128 Å². The molecule has 2 heterocycles. The lowest BCUT2D eigenvalue weighted by molar-refractivity contribution is 0.330. The van der Waals surface area contributed by atoms with Gasteiger partial charge in [-0.3, -0.25) is 0 Å². The summed E-state index contributed by atoms with van der Waals surface area (Å²) in [6, 6.07) is 15.3. The molecule has 22 heavy (non-hydrogen) atoms. The van der Waals surface area contributed by atoms with Crippen molar-refractivity contribution in [2.24, 2.45) is 0 Å². The van der Waals surface area contributed by atoms with Crippen LogP contribution in [0, 0.1) is 0 Å². The maximum Gasteiger partial charge on any atom is 0.243 e. The molecule has 0 radical (unpaired) electrons. The van der Waals surface area contributed by atoms with E-state index in [4.69, 9.17) is 8.83 Å². The second-order valence-electron chi connectivity index (χ2n) is 4.74. The lowest BCUT2D eigenvalue weighted by Gasteiger charge is -2.20. The number of furan rings is 2. The minimum Gasteiger partial charge on any atom is -0.468 e. The highest BCUT2D eigenvalue weighted by atomic mass is 32.2. The molecule has 0 aliphatic heterocycles. The summed E-state index contributed by atoms with van der Waals surface area (Å²) in [6.45, 7) is 0.288. The SMILES string of the molecule is O=S(=O)(c1ccccc1)N(Cc1ccco1)Cc1ccco1. The van der Waals surface area contributed by atoms with Crippen molar-refractivity contribution in [2.45, 2.75) is 18.0 Å². The minimum atomic E-state index is -3.64. The van der Waals surface area contributed by atoms with Gasteiger partial charge >= 0.3 is 0 Å². The number of nitrogens with zero attached hydrogens (tertiary/aromatic N) is 1. The summed E-state index contributed by atoms with van der Waals surface area (Å²) in [5, 5.41) is 0. The number of rotatable bonds is 6. The molecule has 6 heteroatoms. The topological polar surface area (TPSA) is 63.7 Å². The van der Waals surface area contributed by atoms with E-state index in [1.807, 2.05) is 0 Å². The molecule has 0 saturated carbocycles. The van der Waals surface area contributed by atoms with Crippen LogP contribution >= 0.6 is 0 Å². The van der Waals surface area contributed by atoms with E-state index in [1.165, 1.54) is 16.8 Å². The van der Waals surface area contributed by atoms with Gasteiger partial charge in [-0.1, -0.05) is 18.2 Å². The highest BCUT2D eigenvalue weighted by molar-refractivity contribution is 7.89. The molecule has 114 valence electrons. The third-order valence-corrected chi connectivity index (χ3v) is 5.01. The molecule has 0 aliphatic rings. The zero-order valence-electron chi connectivity index (χ0n) is 11.8. The number of benzene rings is 1. The van der Waals surface area contributed by atoms with E-state index in [2.05, 4.69) is 0 Å².